The quantitative estimate of drug-likeness (QED) is 0.576. The second-order valence-electron chi connectivity index (χ2n) is 7.76. The molecule has 0 unspecified atom stereocenters. The van der Waals surface area contributed by atoms with Gasteiger partial charge in [-0.25, -0.2) is 22.8 Å². The molecule has 10 heteroatoms. The second-order valence-corrected chi connectivity index (χ2v) is 7.76. The van der Waals surface area contributed by atoms with Crippen molar-refractivity contribution in [3.8, 4) is 6.07 Å². The van der Waals surface area contributed by atoms with Crippen molar-refractivity contribution < 1.29 is 13.2 Å². The van der Waals surface area contributed by atoms with Crippen LogP contribution in [0.5, 0.6) is 0 Å². The number of rotatable bonds is 4. The van der Waals surface area contributed by atoms with Crippen LogP contribution < -0.4 is 11.1 Å². The standard InChI is InChI=1S/C22H18F3N5O2/c1-11(14-4-3-5-15(19(14)23)20(24)25)27-21-17-10-30(13-6-12(7-13)9-26)18(31)8-16(17)22(32)29(2)28-21/h3-5,8,10,12-13,20H,6-7H2,1-2H3. The van der Waals surface area contributed by atoms with E-state index in [4.69, 9.17) is 5.26 Å². The Kier molecular flexibility index (Phi) is 5.42. The average Bonchev–Trinajstić information content (AvgIpc) is 2.71. The average molecular weight is 441 g/mol. The number of aliphatic imine (C=N–C) groups is 1. The van der Waals surface area contributed by atoms with Gasteiger partial charge in [-0.3, -0.25) is 9.59 Å². The summed E-state index contributed by atoms with van der Waals surface area (Å²) in [7, 11) is 1.39. The summed E-state index contributed by atoms with van der Waals surface area (Å²) >= 11 is 0. The third-order valence-corrected chi connectivity index (χ3v) is 5.71. The van der Waals surface area contributed by atoms with E-state index in [1.807, 2.05) is 0 Å². The van der Waals surface area contributed by atoms with Crippen LogP contribution in [-0.2, 0) is 7.05 Å². The highest BCUT2D eigenvalue weighted by Crippen LogP contribution is 2.37. The van der Waals surface area contributed by atoms with Gasteiger partial charge in [0.15, 0.2) is 5.82 Å². The van der Waals surface area contributed by atoms with Crippen LogP contribution >= 0.6 is 0 Å². The van der Waals surface area contributed by atoms with Crippen LogP contribution in [0.4, 0.5) is 19.0 Å². The van der Waals surface area contributed by atoms with E-state index in [-0.39, 0.29) is 45.4 Å². The lowest BCUT2D eigenvalue weighted by molar-refractivity contribution is 0.146. The van der Waals surface area contributed by atoms with Gasteiger partial charge in [-0.15, -0.1) is 5.10 Å². The molecule has 32 heavy (non-hydrogen) atoms. The summed E-state index contributed by atoms with van der Waals surface area (Å²) in [6.45, 7) is 1.45. The largest absolute Gasteiger partial charge is 0.312 e. The Bertz CT molecular complexity index is 1410. The molecule has 0 radical (unpaired) electrons. The topological polar surface area (TPSA) is 93.0 Å². The van der Waals surface area contributed by atoms with Gasteiger partial charge in [0.05, 0.1) is 34.0 Å². The van der Waals surface area contributed by atoms with E-state index in [2.05, 4.69) is 16.2 Å². The number of hydrogen-bond donors (Lipinski definition) is 0. The maximum atomic E-state index is 14.6. The Morgan fingerprint density at radius 2 is 2.00 bits per heavy atom. The highest BCUT2D eigenvalue weighted by Gasteiger charge is 2.31. The summed E-state index contributed by atoms with van der Waals surface area (Å²) < 4.78 is 43.2. The Hall–Kier alpha value is -3.74. The molecule has 2 heterocycles. The van der Waals surface area contributed by atoms with Gasteiger partial charge in [0.2, 0.25) is 0 Å². The van der Waals surface area contributed by atoms with E-state index in [0.29, 0.717) is 12.8 Å². The molecule has 1 saturated carbocycles. The normalized spacial score (nSPS) is 18.6. The van der Waals surface area contributed by atoms with Gasteiger partial charge in [-0.1, -0.05) is 18.2 Å². The number of nitriles is 1. The highest BCUT2D eigenvalue weighted by atomic mass is 19.3. The van der Waals surface area contributed by atoms with Crippen LogP contribution in [0, 0.1) is 23.1 Å². The van der Waals surface area contributed by atoms with Gasteiger partial charge in [0.25, 0.3) is 17.5 Å². The maximum Gasteiger partial charge on any atom is 0.274 e. The van der Waals surface area contributed by atoms with E-state index in [1.165, 1.54) is 42.9 Å². The lowest BCUT2D eigenvalue weighted by Crippen LogP contribution is -2.33. The molecule has 0 amide bonds. The summed E-state index contributed by atoms with van der Waals surface area (Å²) in [4.78, 5) is 29.4. The number of hydrogen-bond acceptors (Lipinski definition) is 5. The number of aryl methyl sites for hydroxylation is 1. The number of aromatic nitrogens is 3. The maximum absolute atomic E-state index is 14.6. The smallest absolute Gasteiger partial charge is 0.274 e. The van der Waals surface area contributed by atoms with Crippen LogP contribution in [0.25, 0.3) is 10.8 Å². The molecule has 4 rings (SSSR count). The van der Waals surface area contributed by atoms with Gasteiger partial charge in [0, 0.05) is 30.9 Å². The zero-order valence-corrected chi connectivity index (χ0v) is 17.2. The molecule has 7 nitrogen and oxygen atoms in total. The minimum atomic E-state index is -2.98. The summed E-state index contributed by atoms with van der Waals surface area (Å²) in [5.41, 5.74) is -1.65. The van der Waals surface area contributed by atoms with Crippen LogP contribution in [-0.4, -0.2) is 20.1 Å². The van der Waals surface area contributed by atoms with Crippen LogP contribution in [0.2, 0.25) is 0 Å². The van der Waals surface area contributed by atoms with Crippen molar-refractivity contribution in [2.24, 2.45) is 18.0 Å². The van der Waals surface area contributed by atoms with E-state index in [1.54, 1.807) is 0 Å². The van der Waals surface area contributed by atoms with Crippen molar-refractivity contribution in [2.75, 3.05) is 0 Å². The Morgan fingerprint density at radius 1 is 1.28 bits per heavy atom. The fourth-order valence-corrected chi connectivity index (χ4v) is 3.82. The summed E-state index contributed by atoms with van der Waals surface area (Å²) in [5, 5.41) is 13.5. The fourth-order valence-electron chi connectivity index (χ4n) is 3.82. The molecule has 2 aromatic heterocycles. The lowest BCUT2D eigenvalue weighted by Gasteiger charge is -2.32. The minimum Gasteiger partial charge on any atom is -0.312 e. The van der Waals surface area contributed by atoms with Gasteiger partial charge >= 0.3 is 0 Å². The van der Waals surface area contributed by atoms with Gasteiger partial charge in [0.1, 0.15) is 5.82 Å². The molecule has 0 spiro atoms. The number of nitrogens with zero attached hydrogens (tertiary/aromatic N) is 5. The van der Waals surface area contributed by atoms with Crippen LogP contribution in [0.3, 0.4) is 0 Å². The van der Waals surface area contributed by atoms with E-state index >= 15 is 0 Å². The second kappa shape index (κ2) is 8.07. The number of halogens is 3. The molecule has 0 aliphatic heterocycles. The number of fused-ring (bicyclic) bond motifs is 1. The third-order valence-electron chi connectivity index (χ3n) is 5.71. The first-order valence-electron chi connectivity index (χ1n) is 9.86. The van der Waals surface area contributed by atoms with Crippen molar-refractivity contribution in [3.05, 3.63) is 68.1 Å². The predicted octanol–water partition coefficient (Wildman–Crippen LogP) is 3.79. The van der Waals surface area contributed by atoms with E-state index < -0.39 is 23.4 Å². The molecular weight excluding hydrogens is 423 g/mol. The van der Waals surface area contributed by atoms with Crippen molar-refractivity contribution in [3.63, 3.8) is 0 Å². The molecule has 1 aliphatic carbocycles. The first-order valence-corrected chi connectivity index (χ1v) is 9.86. The van der Waals surface area contributed by atoms with E-state index in [0.717, 1.165) is 10.7 Å². The molecular formula is C22H18F3N5O2. The minimum absolute atomic E-state index is 0.0476. The first-order chi connectivity index (χ1) is 15.2. The Morgan fingerprint density at radius 3 is 2.66 bits per heavy atom. The molecule has 3 aromatic rings. The Balaban J connectivity index is 1.88. The molecule has 1 fully saturated rings. The predicted molar refractivity (Wildman–Crippen MR) is 112 cm³/mol. The van der Waals surface area contributed by atoms with Gasteiger partial charge in [-0.2, -0.15) is 5.26 Å². The zero-order chi connectivity index (χ0) is 23.2. The van der Waals surface area contributed by atoms with Crippen molar-refractivity contribution in [2.45, 2.75) is 32.2 Å². The number of pyridine rings is 1. The van der Waals surface area contributed by atoms with E-state index in [9.17, 15) is 22.8 Å². The molecule has 0 saturated heterocycles. The summed E-state index contributed by atoms with van der Waals surface area (Å²) in [6, 6.07) is 6.82. The molecule has 0 N–H and O–H groups in total. The fraction of sp³-hybridized carbons (Fsp3) is 0.318. The number of alkyl halides is 2. The number of benzene rings is 1. The molecule has 0 atom stereocenters. The van der Waals surface area contributed by atoms with Crippen LogP contribution in [0.1, 0.15) is 43.4 Å². The van der Waals surface area contributed by atoms with Gasteiger partial charge < -0.3 is 4.57 Å². The molecule has 164 valence electrons. The first kappa shape index (κ1) is 21.5. The highest BCUT2D eigenvalue weighted by molar-refractivity contribution is 6.02. The molecule has 0 bridgehead atoms. The van der Waals surface area contributed by atoms with Crippen LogP contribution in [0.15, 0.2) is 45.0 Å². The van der Waals surface area contributed by atoms with Crippen molar-refractivity contribution in [1.29, 1.82) is 5.26 Å². The van der Waals surface area contributed by atoms with Crippen molar-refractivity contribution in [1.82, 2.24) is 14.3 Å². The lowest BCUT2D eigenvalue weighted by atomic mass is 9.81. The molecule has 1 aliphatic rings. The monoisotopic (exact) mass is 441 g/mol. The SMILES string of the molecule is CC(=Nc1nn(C)c(=O)c2cc(=O)n(C3CC(C#N)C3)cc12)c1cccc(C(F)F)c1F. The summed E-state index contributed by atoms with van der Waals surface area (Å²) in [6.07, 6.45) is -0.469. The third kappa shape index (κ3) is 3.60. The zero-order valence-electron chi connectivity index (χ0n) is 17.2. The Labute approximate surface area is 180 Å². The van der Waals surface area contributed by atoms with Crippen molar-refractivity contribution >= 4 is 22.3 Å². The van der Waals surface area contributed by atoms with Gasteiger partial charge in [-0.05, 0) is 19.8 Å². The molecule has 1 aromatic carbocycles. The summed E-state index contributed by atoms with van der Waals surface area (Å²) in [5.74, 6) is -1.16.